The molecule has 0 fully saturated rings. The molecule has 1 aromatic carbocycles. The van der Waals surface area contributed by atoms with E-state index in [0.717, 1.165) is 24.1 Å². The molecule has 0 atom stereocenters. The first-order valence-corrected chi connectivity index (χ1v) is 9.79. The van der Waals surface area contributed by atoms with Crippen LogP contribution in [0.3, 0.4) is 0 Å². The lowest BCUT2D eigenvalue weighted by atomic mass is 9.93. The first-order valence-electron chi connectivity index (χ1n) is 9.79. The predicted molar refractivity (Wildman–Crippen MR) is 101 cm³/mol. The standard InChI is InChI=1S/C21H15F13N2/c1-2-3-13-10-35-15(36-11-13)14-6-4-12(5-7-14)8-9-16(22,23)17(24,25)18(26,27)19(28,29)20(30,31)21(32,33)34/h4-11H,2-3H2,1H3/b9-8+. The average Bonchev–Trinajstić information content (AvgIpc) is 2.77. The van der Waals surface area contributed by atoms with Crippen molar-refractivity contribution in [1.29, 1.82) is 0 Å². The van der Waals surface area contributed by atoms with Crippen molar-refractivity contribution >= 4 is 6.08 Å². The third-order valence-corrected chi connectivity index (χ3v) is 4.86. The van der Waals surface area contributed by atoms with Crippen LogP contribution in [0.15, 0.2) is 42.7 Å². The third-order valence-electron chi connectivity index (χ3n) is 4.86. The summed E-state index contributed by atoms with van der Waals surface area (Å²) in [5.41, 5.74) is 0.764. The first kappa shape index (κ1) is 29.4. The smallest absolute Gasteiger partial charge is 0.236 e. The van der Waals surface area contributed by atoms with E-state index in [1.54, 1.807) is 0 Å². The van der Waals surface area contributed by atoms with Crippen molar-refractivity contribution in [3.63, 3.8) is 0 Å². The van der Waals surface area contributed by atoms with Gasteiger partial charge in [-0.1, -0.05) is 43.7 Å². The lowest BCUT2D eigenvalue weighted by molar-refractivity contribution is -0.436. The summed E-state index contributed by atoms with van der Waals surface area (Å²) in [6.45, 7) is 1.92. The van der Waals surface area contributed by atoms with Crippen molar-refractivity contribution in [1.82, 2.24) is 9.97 Å². The maximum atomic E-state index is 13.8. The second kappa shape index (κ2) is 9.54. The molecule has 0 amide bonds. The van der Waals surface area contributed by atoms with Crippen LogP contribution >= 0.6 is 0 Å². The molecule has 0 aliphatic rings. The number of rotatable bonds is 9. The van der Waals surface area contributed by atoms with E-state index in [2.05, 4.69) is 9.97 Å². The van der Waals surface area contributed by atoms with Crippen LogP contribution in [0.1, 0.15) is 24.5 Å². The summed E-state index contributed by atoms with van der Waals surface area (Å²) in [6, 6.07) is 4.40. The van der Waals surface area contributed by atoms with Crippen LogP contribution in [0.4, 0.5) is 57.1 Å². The summed E-state index contributed by atoms with van der Waals surface area (Å²) in [7, 11) is 0. The first-order chi connectivity index (χ1) is 16.2. The van der Waals surface area contributed by atoms with Crippen LogP contribution in [0, 0.1) is 0 Å². The van der Waals surface area contributed by atoms with Crippen LogP contribution in [0.25, 0.3) is 17.5 Å². The molecule has 2 rings (SSSR count). The minimum absolute atomic E-state index is 0.0685. The Morgan fingerprint density at radius 1 is 0.667 bits per heavy atom. The van der Waals surface area contributed by atoms with Crippen LogP contribution in [0.5, 0.6) is 0 Å². The maximum absolute atomic E-state index is 13.8. The molecule has 0 spiro atoms. The molecule has 36 heavy (non-hydrogen) atoms. The average molecular weight is 542 g/mol. The Morgan fingerprint density at radius 2 is 1.14 bits per heavy atom. The molecule has 0 unspecified atom stereocenters. The topological polar surface area (TPSA) is 25.8 Å². The molecule has 2 aromatic rings. The molecule has 0 bridgehead atoms. The van der Waals surface area contributed by atoms with E-state index in [4.69, 9.17) is 0 Å². The van der Waals surface area contributed by atoms with Gasteiger partial charge >= 0.3 is 35.8 Å². The molecule has 0 N–H and O–H groups in total. The van der Waals surface area contributed by atoms with Crippen LogP contribution < -0.4 is 0 Å². The number of hydrogen-bond acceptors (Lipinski definition) is 2. The SMILES string of the molecule is CCCc1cnc(-c2ccc(/C=C/C(F)(F)C(F)(F)C(F)(F)C(F)(F)C(F)(F)C(F)(F)F)cc2)nc1. The number of aryl methyl sites for hydroxylation is 1. The van der Waals surface area contributed by atoms with Crippen LogP contribution in [-0.2, 0) is 6.42 Å². The van der Waals surface area contributed by atoms with Gasteiger partial charge in [-0.05, 0) is 23.6 Å². The minimum atomic E-state index is -7.92. The molecule has 1 aromatic heterocycles. The van der Waals surface area contributed by atoms with E-state index < -0.39 is 41.9 Å². The van der Waals surface area contributed by atoms with Crippen molar-refractivity contribution in [2.75, 3.05) is 0 Å². The summed E-state index contributed by atoms with van der Waals surface area (Å²) in [5, 5.41) is 0. The fourth-order valence-corrected chi connectivity index (χ4v) is 2.75. The van der Waals surface area contributed by atoms with Crippen molar-refractivity contribution < 1.29 is 57.1 Å². The molecular weight excluding hydrogens is 527 g/mol. The van der Waals surface area contributed by atoms with E-state index >= 15 is 0 Å². The number of hydrogen-bond donors (Lipinski definition) is 0. The third kappa shape index (κ3) is 5.01. The summed E-state index contributed by atoms with van der Waals surface area (Å²) in [4.78, 5) is 8.12. The van der Waals surface area contributed by atoms with Gasteiger partial charge in [0.25, 0.3) is 0 Å². The number of alkyl halides is 13. The lowest BCUT2D eigenvalue weighted by Gasteiger charge is -2.39. The Morgan fingerprint density at radius 3 is 1.58 bits per heavy atom. The fraction of sp³-hybridized carbons (Fsp3) is 0.429. The van der Waals surface area contributed by atoms with Gasteiger partial charge in [0.1, 0.15) is 0 Å². The molecule has 0 aliphatic heterocycles. The summed E-state index contributed by atoms with van der Waals surface area (Å²) >= 11 is 0. The zero-order valence-corrected chi connectivity index (χ0v) is 17.8. The number of aromatic nitrogens is 2. The van der Waals surface area contributed by atoms with E-state index in [0.29, 0.717) is 12.0 Å². The Balaban J connectivity index is 2.31. The number of benzene rings is 1. The van der Waals surface area contributed by atoms with E-state index in [-0.39, 0.29) is 17.5 Å². The Kier molecular flexibility index (Phi) is 7.78. The summed E-state index contributed by atoms with van der Waals surface area (Å²) < 4.78 is 171. The predicted octanol–water partition coefficient (Wildman–Crippen LogP) is 7.85. The molecule has 0 saturated heterocycles. The van der Waals surface area contributed by atoms with Gasteiger partial charge in [-0.25, -0.2) is 9.97 Å². The van der Waals surface area contributed by atoms with Gasteiger partial charge < -0.3 is 0 Å². The van der Waals surface area contributed by atoms with Gasteiger partial charge in [-0.15, -0.1) is 0 Å². The fourth-order valence-electron chi connectivity index (χ4n) is 2.75. The largest absolute Gasteiger partial charge is 0.460 e. The Hall–Kier alpha value is -2.87. The molecule has 200 valence electrons. The minimum Gasteiger partial charge on any atom is -0.236 e. The highest BCUT2D eigenvalue weighted by Crippen LogP contribution is 2.60. The maximum Gasteiger partial charge on any atom is 0.460 e. The number of halogens is 13. The second-order valence-corrected chi connectivity index (χ2v) is 7.54. The van der Waals surface area contributed by atoms with Crippen molar-refractivity contribution in [3.05, 3.63) is 53.9 Å². The van der Waals surface area contributed by atoms with Gasteiger partial charge in [0.2, 0.25) is 0 Å². The second-order valence-electron chi connectivity index (χ2n) is 7.54. The van der Waals surface area contributed by atoms with Crippen molar-refractivity contribution in [2.45, 2.75) is 55.6 Å². The number of allylic oxidation sites excluding steroid dienone is 1. The van der Waals surface area contributed by atoms with Gasteiger partial charge in [0.15, 0.2) is 5.82 Å². The monoisotopic (exact) mass is 542 g/mol. The van der Waals surface area contributed by atoms with Crippen molar-refractivity contribution in [2.24, 2.45) is 0 Å². The Labute approximate surface area is 194 Å². The van der Waals surface area contributed by atoms with Gasteiger partial charge in [0, 0.05) is 18.0 Å². The molecule has 2 nitrogen and oxygen atoms in total. The van der Waals surface area contributed by atoms with Gasteiger partial charge in [0.05, 0.1) is 0 Å². The van der Waals surface area contributed by atoms with Crippen LogP contribution in [0.2, 0.25) is 0 Å². The van der Waals surface area contributed by atoms with E-state index in [9.17, 15) is 57.1 Å². The molecule has 0 aliphatic carbocycles. The molecule has 0 radical (unpaired) electrons. The van der Waals surface area contributed by atoms with Crippen LogP contribution in [-0.4, -0.2) is 45.8 Å². The van der Waals surface area contributed by atoms with Gasteiger partial charge in [-0.2, -0.15) is 57.1 Å². The normalized spacial score (nSPS) is 14.5. The highest BCUT2D eigenvalue weighted by atomic mass is 19.4. The molecular formula is C21H15F13N2. The quantitative estimate of drug-likeness (QED) is 0.302. The molecule has 0 saturated carbocycles. The number of nitrogens with zero attached hydrogens (tertiary/aromatic N) is 2. The highest BCUT2D eigenvalue weighted by Gasteiger charge is 2.90. The summed E-state index contributed by atoms with van der Waals surface area (Å²) in [5.74, 6) is -37.0. The zero-order valence-electron chi connectivity index (χ0n) is 17.8. The highest BCUT2D eigenvalue weighted by molar-refractivity contribution is 5.60. The van der Waals surface area contributed by atoms with E-state index in [1.165, 1.54) is 24.5 Å². The van der Waals surface area contributed by atoms with Gasteiger partial charge in [-0.3, -0.25) is 0 Å². The summed E-state index contributed by atoms with van der Waals surface area (Å²) in [6.07, 6.45) is -3.83. The molecule has 1 heterocycles. The van der Waals surface area contributed by atoms with Crippen molar-refractivity contribution in [3.8, 4) is 11.4 Å². The molecule has 15 heteroatoms. The Bertz CT molecular complexity index is 1060. The van der Waals surface area contributed by atoms with E-state index in [1.807, 2.05) is 6.92 Å². The lowest BCUT2D eigenvalue weighted by Crippen LogP contribution is -2.69. The zero-order chi connectivity index (χ0) is 27.8.